The molecule has 0 radical (unpaired) electrons. The van der Waals surface area contributed by atoms with Crippen LogP contribution in [0.5, 0.6) is 5.75 Å². The van der Waals surface area contributed by atoms with Gasteiger partial charge in [-0.2, -0.15) is 0 Å². The number of nitrogens with two attached hydrogens (primary N) is 1. The highest BCUT2D eigenvalue weighted by molar-refractivity contribution is 5.93. The van der Waals surface area contributed by atoms with E-state index in [9.17, 15) is 4.79 Å². The van der Waals surface area contributed by atoms with Crippen LogP contribution >= 0.6 is 0 Å². The zero-order chi connectivity index (χ0) is 14.5. The molecule has 1 saturated carbocycles. The van der Waals surface area contributed by atoms with Crippen LogP contribution < -0.4 is 15.8 Å². The predicted octanol–water partition coefficient (Wildman–Crippen LogP) is 2.71. The molecule has 0 unspecified atom stereocenters. The standard InChI is InChI=1S/C16H24N2O2/c1-3-20-13-7-8-15(11(2)9-13)18-16(19)14-6-4-5-12(14)10-17/h7-9,12,14H,3-6,10,17H2,1-2H3,(H,18,19)/t12-,14-/m1/s1. The third kappa shape index (κ3) is 3.31. The molecule has 110 valence electrons. The fourth-order valence-electron chi connectivity index (χ4n) is 2.92. The Labute approximate surface area is 120 Å². The first-order valence-electron chi connectivity index (χ1n) is 7.40. The summed E-state index contributed by atoms with van der Waals surface area (Å²) in [6, 6.07) is 5.75. The Morgan fingerprint density at radius 1 is 1.45 bits per heavy atom. The van der Waals surface area contributed by atoms with Crippen molar-refractivity contribution in [3.63, 3.8) is 0 Å². The van der Waals surface area contributed by atoms with Gasteiger partial charge in [-0.25, -0.2) is 0 Å². The Morgan fingerprint density at radius 2 is 2.25 bits per heavy atom. The second-order valence-electron chi connectivity index (χ2n) is 5.43. The molecule has 0 aliphatic heterocycles. The molecule has 0 saturated heterocycles. The number of ether oxygens (including phenoxy) is 1. The highest BCUT2D eigenvalue weighted by Gasteiger charge is 2.32. The maximum atomic E-state index is 12.3. The van der Waals surface area contributed by atoms with E-state index < -0.39 is 0 Å². The van der Waals surface area contributed by atoms with Gasteiger partial charge < -0.3 is 15.8 Å². The lowest BCUT2D eigenvalue weighted by Crippen LogP contribution is -2.29. The topological polar surface area (TPSA) is 64.3 Å². The highest BCUT2D eigenvalue weighted by atomic mass is 16.5. The number of amides is 1. The van der Waals surface area contributed by atoms with E-state index in [-0.39, 0.29) is 11.8 Å². The van der Waals surface area contributed by atoms with Crippen molar-refractivity contribution in [2.75, 3.05) is 18.5 Å². The minimum Gasteiger partial charge on any atom is -0.494 e. The molecule has 2 rings (SSSR count). The van der Waals surface area contributed by atoms with Crippen LogP contribution in [0.2, 0.25) is 0 Å². The number of carbonyl (C=O) groups excluding carboxylic acids is 1. The molecule has 1 aromatic carbocycles. The summed E-state index contributed by atoms with van der Waals surface area (Å²) in [5, 5.41) is 3.04. The molecule has 1 aliphatic rings. The SMILES string of the molecule is CCOc1ccc(NC(=O)[C@@H]2CCC[C@@H]2CN)c(C)c1. The Balaban J connectivity index is 2.04. The van der Waals surface area contributed by atoms with Gasteiger partial charge in [-0.3, -0.25) is 4.79 Å². The molecule has 2 atom stereocenters. The van der Waals surface area contributed by atoms with E-state index in [0.717, 1.165) is 36.3 Å². The third-order valence-corrected chi connectivity index (χ3v) is 4.07. The van der Waals surface area contributed by atoms with Gasteiger partial charge in [0.05, 0.1) is 6.61 Å². The second kappa shape index (κ2) is 6.75. The lowest BCUT2D eigenvalue weighted by molar-refractivity contribution is -0.120. The first-order valence-corrected chi connectivity index (χ1v) is 7.40. The zero-order valence-electron chi connectivity index (χ0n) is 12.3. The average Bonchev–Trinajstić information content (AvgIpc) is 2.90. The van der Waals surface area contributed by atoms with Crippen LogP contribution in [-0.4, -0.2) is 19.1 Å². The molecule has 1 aromatic rings. The molecule has 4 heteroatoms. The Morgan fingerprint density at radius 3 is 2.90 bits per heavy atom. The summed E-state index contributed by atoms with van der Waals surface area (Å²) in [5.41, 5.74) is 7.62. The minimum absolute atomic E-state index is 0.0611. The van der Waals surface area contributed by atoms with Crippen LogP contribution in [-0.2, 0) is 4.79 Å². The summed E-state index contributed by atoms with van der Waals surface area (Å²) in [6.07, 6.45) is 3.11. The van der Waals surface area contributed by atoms with Gasteiger partial charge >= 0.3 is 0 Å². The fourth-order valence-corrected chi connectivity index (χ4v) is 2.92. The summed E-state index contributed by atoms with van der Waals surface area (Å²) in [4.78, 5) is 12.3. The van der Waals surface area contributed by atoms with Crippen molar-refractivity contribution in [1.82, 2.24) is 0 Å². The third-order valence-electron chi connectivity index (χ3n) is 4.07. The highest BCUT2D eigenvalue weighted by Crippen LogP contribution is 2.32. The predicted molar refractivity (Wildman–Crippen MR) is 80.9 cm³/mol. The molecule has 0 aromatic heterocycles. The van der Waals surface area contributed by atoms with Crippen LogP contribution in [0.25, 0.3) is 0 Å². The van der Waals surface area contributed by atoms with Crippen LogP contribution in [0.15, 0.2) is 18.2 Å². The maximum absolute atomic E-state index is 12.3. The van der Waals surface area contributed by atoms with Crippen molar-refractivity contribution in [2.45, 2.75) is 33.1 Å². The van der Waals surface area contributed by atoms with Gasteiger partial charge in [0.1, 0.15) is 5.75 Å². The molecule has 1 fully saturated rings. The molecular formula is C16H24N2O2. The number of aryl methyl sites for hydroxylation is 1. The molecule has 0 heterocycles. The van der Waals surface area contributed by atoms with Gasteiger partial charge in [0.25, 0.3) is 0 Å². The Kier molecular flexibility index (Phi) is 5.01. The summed E-state index contributed by atoms with van der Waals surface area (Å²) in [7, 11) is 0. The van der Waals surface area contributed by atoms with Gasteiger partial charge in [-0.05, 0) is 62.9 Å². The number of nitrogens with one attached hydrogen (secondary N) is 1. The van der Waals surface area contributed by atoms with E-state index in [1.807, 2.05) is 32.0 Å². The van der Waals surface area contributed by atoms with Crippen molar-refractivity contribution in [3.8, 4) is 5.75 Å². The van der Waals surface area contributed by atoms with Crippen molar-refractivity contribution >= 4 is 11.6 Å². The van der Waals surface area contributed by atoms with Gasteiger partial charge in [-0.1, -0.05) is 6.42 Å². The van der Waals surface area contributed by atoms with Crippen LogP contribution in [0.1, 0.15) is 31.7 Å². The fraction of sp³-hybridized carbons (Fsp3) is 0.562. The number of rotatable bonds is 5. The first kappa shape index (κ1) is 14.9. The average molecular weight is 276 g/mol. The molecule has 20 heavy (non-hydrogen) atoms. The van der Waals surface area contributed by atoms with Crippen LogP contribution in [0.3, 0.4) is 0 Å². The smallest absolute Gasteiger partial charge is 0.227 e. The van der Waals surface area contributed by atoms with Crippen molar-refractivity contribution in [3.05, 3.63) is 23.8 Å². The lowest BCUT2D eigenvalue weighted by atomic mass is 9.95. The zero-order valence-corrected chi connectivity index (χ0v) is 12.3. The molecule has 1 aliphatic carbocycles. The summed E-state index contributed by atoms with van der Waals surface area (Å²) >= 11 is 0. The number of hydrogen-bond acceptors (Lipinski definition) is 3. The number of hydrogen-bond donors (Lipinski definition) is 2. The molecule has 0 spiro atoms. The van der Waals surface area contributed by atoms with E-state index in [0.29, 0.717) is 19.1 Å². The number of anilines is 1. The Hall–Kier alpha value is -1.55. The quantitative estimate of drug-likeness (QED) is 0.869. The van der Waals surface area contributed by atoms with Gasteiger partial charge in [0.15, 0.2) is 0 Å². The van der Waals surface area contributed by atoms with Crippen LogP contribution in [0.4, 0.5) is 5.69 Å². The monoisotopic (exact) mass is 276 g/mol. The van der Waals surface area contributed by atoms with E-state index in [4.69, 9.17) is 10.5 Å². The number of benzene rings is 1. The number of carbonyl (C=O) groups is 1. The van der Waals surface area contributed by atoms with Crippen molar-refractivity contribution in [1.29, 1.82) is 0 Å². The van der Waals surface area contributed by atoms with Gasteiger partial charge in [-0.15, -0.1) is 0 Å². The first-order chi connectivity index (χ1) is 9.65. The Bertz CT molecular complexity index is 474. The van der Waals surface area contributed by atoms with Gasteiger partial charge in [0, 0.05) is 11.6 Å². The minimum atomic E-state index is 0.0611. The summed E-state index contributed by atoms with van der Waals surface area (Å²) in [5.74, 6) is 1.33. The molecule has 3 N–H and O–H groups in total. The van der Waals surface area contributed by atoms with E-state index in [1.165, 1.54) is 0 Å². The summed E-state index contributed by atoms with van der Waals surface area (Å²) < 4.78 is 5.45. The second-order valence-corrected chi connectivity index (χ2v) is 5.43. The van der Waals surface area contributed by atoms with Crippen LogP contribution in [0, 0.1) is 18.8 Å². The maximum Gasteiger partial charge on any atom is 0.227 e. The molecule has 0 bridgehead atoms. The van der Waals surface area contributed by atoms with Crippen molar-refractivity contribution < 1.29 is 9.53 Å². The van der Waals surface area contributed by atoms with E-state index in [2.05, 4.69) is 5.32 Å². The molecule has 4 nitrogen and oxygen atoms in total. The van der Waals surface area contributed by atoms with E-state index in [1.54, 1.807) is 0 Å². The normalized spacial score (nSPS) is 21.8. The molecular weight excluding hydrogens is 252 g/mol. The summed E-state index contributed by atoms with van der Waals surface area (Å²) in [6.45, 7) is 5.18. The molecule has 1 amide bonds. The lowest BCUT2D eigenvalue weighted by Gasteiger charge is -2.18. The van der Waals surface area contributed by atoms with Gasteiger partial charge in [0.2, 0.25) is 5.91 Å². The van der Waals surface area contributed by atoms with Crippen molar-refractivity contribution in [2.24, 2.45) is 17.6 Å². The largest absolute Gasteiger partial charge is 0.494 e. The van der Waals surface area contributed by atoms with E-state index >= 15 is 0 Å².